The average Bonchev–Trinajstić information content (AvgIpc) is 1.57. The molecular weight excluding hydrogens is 1370 g/mol. The first-order valence-electron chi connectivity index (χ1n) is 38.5. The van der Waals surface area contributed by atoms with Gasteiger partial charge in [-0.1, -0.05) is 81.1 Å². The zero-order valence-electron chi connectivity index (χ0n) is 62.3. The number of rotatable bonds is 10. The molecule has 3 amide bonds. The molecular formula is C79H105F2N7O16S. The van der Waals surface area contributed by atoms with Gasteiger partial charge in [-0.15, -0.1) is 0 Å². The molecule has 2 aromatic carbocycles. The van der Waals surface area contributed by atoms with Gasteiger partial charge in [-0.3, -0.25) is 33.5 Å². The van der Waals surface area contributed by atoms with Crippen molar-refractivity contribution in [2.75, 3.05) is 27.3 Å². The lowest BCUT2D eigenvalue weighted by Gasteiger charge is -2.36. The van der Waals surface area contributed by atoms with Gasteiger partial charge >= 0.3 is 17.9 Å². The van der Waals surface area contributed by atoms with Crippen molar-refractivity contribution < 1.29 is 84.3 Å². The summed E-state index contributed by atoms with van der Waals surface area (Å²) in [5.41, 5.74) is 0.559. The number of carbonyl (C=O) groups is 7. The molecule has 26 heteroatoms. The molecule has 2 aromatic heterocycles. The summed E-state index contributed by atoms with van der Waals surface area (Å²) in [6.45, 7) is 14.8. The number of nitrogens with one attached hydrogen (secondary N) is 1. The molecule has 18 atom stereocenters. The molecule has 572 valence electrons. The number of ether oxygens (including phenoxy) is 6. The number of carbonyl (C=O) groups excluding carboxylic acids is 6. The topological polar surface area (TPSA) is 299 Å². The number of sulfonamides is 1. The summed E-state index contributed by atoms with van der Waals surface area (Å²) in [7, 11) is -0.948. The summed E-state index contributed by atoms with van der Waals surface area (Å²) in [4.78, 5) is 120. The van der Waals surface area contributed by atoms with E-state index in [1.807, 2.05) is 70.5 Å². The first-order chi connectivity index (χ1) is 49.8. The van der Waals surface area contributed by atoms with Crippen molar-refractivity contribution in [3.05, 3.63) is 47.8 Å². The fourth-order valence-electron chi connectivity index (χ4n) is 19.2. The Morgan fingerprint density at radius 3 is 1.48 bits per heavy atom. The minimum atomic E-state index is -4.10. The number of halogens is 2. The number of aromatic nitrogens is 4. The number of methoxy groups -OCH3 is 2. The highest BCUT2D eigenvalue weighted by molar-refractivity contribution is 7.91. The molecule has 0 unspecified atom stereocenters. The number of alkyl halides is 2. The third kappa shape index (κ3) is 15.7. The van der Waals surface area contributed by atoms with Crippen LogP contribution in [0.3, 0.4) is 0 Å². The zero-order chi connectivity index (χ0) is 74.9. The maximum atomic E-state index is 15.0. The van der Waals surface area contributed by atoms with Crippen LogP contribution in [-0.2, 0) is 65.9 Å². The molecule has 6 heterocycles. The molecule has 105 heavy (non-hydrogen) atoms. The molecule has 8 bridgehead atoms. The Morgan fingerprint density at radius 2 is 1.06 bits per heavy atom. The molecule has 10 aliphatic rings. The molecule has 8 fully saturated rings. The lowest BCUT2D eigenvalue weighted by molar-refractivity contribution is -0.162. The van der Waals surface area contributed by atoms with Crippen LogP contribution in [0, 0.1) is 81.3 Å². The molecule has 2 saturated heterocycles. The van der Waals surface area contributed by atoms with E-state index in [1.165, 1.54) is 16.2 Å². The van der Waals surface area contributed by atoms with Gasteiger partial charge in [-0.25, -0.2) is 41.9 Å². The van der Waals surface area contributed by atoms with Gasteiger partial charge in [0.05, 0.1) is 90.8 Å². The van der Waals surface area contributed by atoms with Crippen LogP contribution in [0.1, 0.15) is 195 Å². The van der Waals surface area contributed by atoms with E-state index in [2.05, 4.69) is 0 Å². The number of hydrogen-bond acceptors (Lipinski definition) is 19. The highest BCUT2D eigenvalue weighted by atomic mass is 32.2. The lowest BCUT2D eigenvalue weighted by Crippen LogP contribution is -2.50. The number of benzene rings is 2. The normalized spacial score (nSPS) is 33.2. The lowest BCUT2D eigenvalue weighted by atomic mass is 9.77. The minimum absolute atomic E-state index is 0.0737. The van der Waals surface area contributed by atoms with Gasteiger partial charge in [0.15, 0.2) is 5.78 Å². The van der Waals surface area contributed by atoms with E-state index in [9.17, 15) is 51.1 Å². The Hall–Kier alpha value is -7.38. The monoisotopic (exact) mass is 1480 g/mol. The number of hydrogen-bond donors (Lipinski definition) is 2. The van der Waals surface area contributed by atoms with Gasteiger partial charge in [0.2, 0.25) is 45.9 Å². The Morgan fingerprint density at radius 1 is 0.610 bits per heavy atom. The van der Waals surface area contributed by atoms with E-state index < -0.39 is 128 Å². The van der Waals surface area contributed by atoms with Crippen molar-refractivity contribution in [2.45, 2.75) is 245 Å². The number of carboxylic acids is 1. The number of esters is 2. The van der Waals surface area contributed by atoms with Gasteiger partial charge in [0.25, 0.3) is 0 Å². The van der Waals surface area contributed by atoms with E-state index in [1.54, 1.807) is 40.2 Å². The van der Waals surface area contributed by atoms with E-state index >= 15 is 4.79 Å². The third-order valence-corrected chi connectivity index (χ3v) is 27.4. The maximum Gasteiger partial charge on any atom is 0.326 e. The zero-order valence-corrected chi connectivity index (χ0v) is 63.1. The number of carboxylic acid groups (broad SMARTS) is 1. The quantitative estimate of drug-likeness (QED) is 0.139. The second-order valence-electron chi connectivity index (χ2n) is 34.4. The number of aliphatic carboxylic acids is 1. The molecule has 14 rings (SSSR count). The highest BCUT2D eigenvalue weighted by Crippen LogP contribution is 2.60. The Labute approximate surface area is 613 Å². The molecule has 4 aliphatic heterocycles. The number of Topliss-reactive ketones (excluding diaryl/α,β-unsaturated/α-hetero) is 1. The van der Waals surface area contributed by atoms with Crippen molar-refractivity contribution in [1.82, 2.24) is 34.5 Å². The molecule has 0 spiro atoms. The smallest absolute Gasteiger partial charge is 0.326 e. The Kier molecular flexibility index (Phi) is 21.7. The van der Waals surface area contributed by atoms with Gasteiger partial charge in [-0.2, -0.15) is 0 Å². The largest absolute Gasteiger partial charge is 0.497 e. The fourth-order valence-corrected chi connectivity index (χ4v) is 20.6. The van der Waals surface area contributed by atoms with Gasteiger partial charge in [-0.05, 0) is 167 Å². The summed E-state index contributed by atoms with van der Waals surface area (Å²) in [6, 6.07) is 8.59. The summed E-state index contributed by atoms with van der Waals surface area (Å²) in [5.74, 6) is -4.82. The number of ketones is 1. The van der Waals surface area contributed by atoms with Crippen molar-refractivity contribution in [3.63, 3.8) is 0 Å². The average molecular weight is 1480 g/mol. The number of aryl methyl sites for hydroxylation is 2. The predicted molar refractivity (Wildman–Crippen MR) is 382 cm³/mol. The fraction of sp³-hybridized carbons (Fsp3) is 0.709. The van der Waals surface area contributed by atoms with Crippen molar-refractivity contribution in [2.24, 2.45) is 81.3 Å². The van der Waals surface area contributed by atoms with Crippen molar-refractivity contribution >= 4 is 73.5 Å². The van der Waals surface area contributed by atoms with Crippen LogP contribution in [0.15, 0.2) is 36.4 Å². The summed E-state index contributed by atoms with van der Waals surface area (Å²) >= 11 is 0. The number of fused-ring (bicyclic) bond motifs is 18. The van der Waals surface area contributed by atoms with Gasteiger partial charge in [0, 0.05) is 36.3 Å². The van der Waals surface area contributed by atoms with Crippen LogP contribution in [0.2, 0.25) is 0 Å². The summed E-state index contributed by atoms with van der Waals surface area (Å²) in [6.07, 6.45) is 9.89. The van der Waals surface area contributed by atoms with Crippen LogP contribution in [-0.4, -0.2) is 160 Å². The Balaban J connectivity index is 0.000000194. The third-order valence-electron chi connectivity index (χ3n) is 25.5. The number of nitrogens with zero attached hydrogens (tertiary/aromatic N) is 6. The molecule has 4 aromatic rings. The van der Waals surface area contributed by atoms with Crippen LogP contribution in [0.4, 0.5) is 8.78 Å². The van der Waals surface area contributed by atoms with Crippen molar-refractivity contribution in [3.8, 4) is 23.3 Å². The Bertz CT molecular complexity index is 4110. The first kappa shape index (κ1) is 75.8. The standard InChI is InChI=1S/C44H58F2N4O9S.C35H47N3O7/c1-23-35-22-50(37(23)34(51)21-44(20-30(44)39(45)46)42(54)49-60(55,56)27-14-15-27)41(53)29(43(2,3)4)19-36(52)59-38-25-12-11-24(17-25)28(38)9-7-6-8-10-32-40(58-35)48-33-18-26(57-5)13-16-31(33)47-32;1-19-28-18-38(30(19)34(41)42)33(40)24(35(2,3)4)17-29(39)45-31-21-12-11-20(15-21)23(31)9-7-6-8-10-26-32(44-28)37-27-16-22(43-5)13-14-25(27)36-26/h13,16,18,23-25,27-30,35,37-39H,6-12,14-15,17,19-22H2,1-5H3,(H,49,54);13-14,16,19-21,23-24,28,30-31H,6-12,15,17-18H2,1-5H3,(H,41,42)/t23-,24-,25+,28-,29-,30+,35+,37+,38-,44-;19-,20-,21+,23-,24-,28+,30+,31-/m11/s1. The summed E-state index contributed by atoms with van der Waals surface area (Å²) < 4.78 is 93.0. The number of amides is 3. The first-order valence-corrected chi connectivity index (χ1v) is 40.0. The van der Waals surface area contributed by atoms with Crippen LogP contribution >= 0.6 is 0 Å². The van der Waals surface area contributed by atoms with E-state index in [0.29, 0.717) is 89.0 Å². The highest BCUT2D eigenvalue weighted by Gasteiger charge is 2.67. The van der Waals surface area contributed by atoms with Crippen LogP contribution < -0.4 is 23.7 Å². The van der Waals surface area contributed by atoms with Crippen LogP contribution in [0.25, 0.3) is 22.1 Å². The molecule has 6 saturated carbocycles. The molecule has 23 nitrogen and oxygen atoms in total. The van der Waals surface area contributed by atoms with Gasteiger partial charge in [0.1, 0.15) is 53.3 Å². The second kappa shape index (κ2) is 30.0. The SMILES string of the molecule is COc1ccc2nc3c(nc2c1)O[C@H]1CN(C(=O)[C@H](C(C)(C)C)CC(=O)O[C@@H]2[C@H]4CC[C@H](C4)[C@H]2CCCCC3)[C@H](C(=O)C[C@]2(C(=O)NS(=O)(=O)C3CC3)C[C@H]2C(F)F)[C@@H]1C.COc1ccc2nc3c(nc2c1)O[C@H]1CN(C(=O)[C@H](C(C)(C)C)CC(=O)O[C@@H]2[C@H]4CC[C@H](C4)[C@H]2CCCCC3)[C@H](C(=O)O)[C@@H]1C. The minimum Gasteiger partial charge on any atom is -0.497 e. The summed E-state index contributed by atoms with van der Waals surface area (Å²) in [5, 5.41) is 9.55. The van der Waals surface area contributed by atoms with E-state index in [4.69, 9.17) is 48.4 Å². The van der Waals surface area contributed by atoms with Crippen molar-refractivity contribution in [1.29, 1.82) is 0 Å². The predicted octanol–water partition coefficient (Wildman–Crippen LogP) is 11.6. The van der Waals surface area contributed by atoms with Gasteiger partial charge < -0.3 is 43.3 Å². The second-order valence-corrected chi connectivity index (χ2v) is 36.3. The van der Waals surface area contributed by atoms with E-state index in [-0.39, 0.29) is 74.2 Å². The van der Waals surface area contributed by atoms with E-state index in [0.717, 1.165) is 94.7 Å². The molecule has 6 aliphatic carbocycles. The maximum absolute atomic E-state index is 15.0. The molecule has 2 N–H and O–H groups in total. The molecule has 0 radical (unpaired) electrons. The van der Waals surface area contributed by atoms with Crippen LogP contribution in [0.5, 0.6) is 23.3 Å².